The molecule has 0 saturated carbocycles. The summed E-state index contributed by atoms with van der Waals surface area (Å²) >= 11 is 0. The van der Waals surface area contributed by atoms with Crippen LogP contribution in [0.25, 0.3) is 56.1 Å². The second-order valence-corrected chi connectivity index (χ2v) is 15.7. The Balaban J connectivity index is 1.39. The molecule has 1 heterocycles. The molecule has 0 atom stereocenters. The summed E-state index contributed by atoms with van der Waals surface area (Å²) in [6, 6.07) is 45.3. The summed E-state index contributed by atoms with van der Waals surface area (Å²) < 4.78 is 6.12. The summed E-state index contributed by atoms with van der Waals surface area (Å²) in [6.07, 6.45) is 9.67. The third-order valence-corrected chi connectivity index (χ3v) is 11.5. The number of fused-ring (bicyclic) bond motifs is 1. The van der Waals surface area contributed by atoms with Crippen molar-refractivity contribution in [2.45, 2.75) is 59.8 Å². The highest BCUT2D eigenvalue weighted by Crippen LogP contribution is 2.39. The number of allylic oxidation sites excluding steroid dienone is 3. The molecule has 6 aromatic carbocycles. The van der Waals surface area contributed by atoms with Crippen molar-refractivity contribution in [2.24, 2.45) is 4.99 Å². The molecular weight excluding hydrogens is 705 g/mol. The van der Waals surface area contributed by atoms with Gasteiger partial charge >= 0.3 is 0 Å². The topological polar surface area (TPSA) is 49.4 Å². The normalized spacial score (nSPS) is 12.0. The number of nitrogens with one attached hydrogen (secondary N) is 1. The zero-order chi connectivity index (χ0) is 41.0. The van der Waals surface area contributed by atoms with E-state index in [9.17, 15) is 5.41 Å². The van der Waals surface area contributed by atoms with E-state index in [-0.39, 0.29) is 5.41 Å². The molecule has 0 amide bonds. The first-order valence-corrected chi connectivity index (χ1v) is 20.1. The highest BCUT2D eigenvalue weighted by molar-refractivity contribution is 6.14. The van der Waals surface area contributed by atoms with E-state index in [1.54, 1.807) is 6.08 Å². The molecule has 3 nitrogen and oxygen atoms in total. The number of benzene rings is 6. The molecule has 7 rings (SSSR count). The van der Waals surface area contributed by atoms with Crippen LogP contribution in [0.5, 0.6) is 0 Å². The minimum atomic E-state index is -0.239. The van der Waals surface area contributed by atoms with E-state index in [4.69, 9.17) is 4.42 Å². The molecule has 0 aliphatic rings. The Morgan fingerprint density at radius 2 is 1.47 bits per heavy atom. The summed E-state index contributed by atoms with van der Waals surface area (Å²) in [4.78, 5) is 4.54. The van der Waals surface area contributed by atoms with Gasteiger partial charge in [0.1, 0.15) is 11.3 Å². The van der Waals surface area contributed by atoms with Gasteiger partial charge in [0, 0.05) is 27.5 Å². The van der Waals surface area contributed by atoms with Crippen LogP contribution in [0.15, 0.2) is 162 Å². The standard InChI is InChI=1S/C55H52N2O/c1-9-11-21-46-38(5)58-54-30-28-41(32-50(46)54)40-27-29-47(42-26-25-39(17-10-2)48(33-42)45-22-16-15-18-36(45)3)49(31-40)52(56)35-53(57-8)43-24-23-37(4)51(34-43)55(6,7)44-19-13-12-14-20-44/h9,11-16,18-35,56H,1,8,10,17H2,2-7H3/b21-11-,53-35-,56-52?. The van der Waals surface area contributed by atoms with Crippen molar-refractivity contribution < 1.29 is 4.42 Å². The van der Waals surface area contributed by atoms with Crippen molar-refractivity contribution in [3.63, 3.8) is 0 Å². The molecular formula is C55H52N2O. The van der Waals surface area contributed by atoms with Crippen molar-refractivity contribution in [1.29, 1.82) is 5.41 Å². The van der Waals surface area contributed by atoms with Gasteiger partial charge in [0.25, 0.3) is 0 Å². The fourth-order valence-corrected chi connectivity index (χ4v) is 8.25. The monoisotopic (exact) mass is 756 g/mol. The molecule has 0 spiro atoms. The number of aliphatic imine (C=N–C) groups is 1. The lowest BCUT2D eigenvalue weighted by Gasteiger charge is -2.28. The van der Waals surface area contributed by atoms with Gasteiger partial charge in [0.2, 0.25) is 0 Å². The maximum Gasteiger partial charge on any atom is 0.134 e. The Labute approximate surface area is 344 Å². The third kappa shape index (κ3) is 7.86. The van der Waals surface area contributed by atoms with Crippen LogP contribution in [0.4, 0.5) is 0 Å². The van der Waals surface area contributed by atoms with E-state index in [0.29, 0.717) is 11.4 Å². The average Bonchev–Trinajstić information content (AvgIpc) is 3.56. The molecule has 7 aromatic rings. The van der Waals surface area contributed by atoms with Crippen LogP contribution in [0.3, 0.4) is 0 Å². The van der Waals surface area contributed by atoms with Crippen molar-refractivity contribution in [1.82, 2.24) is 0 Å². The predicted molar refractivity (Wildman–Crippen MR) is 249 cm³/mol. The van der Waals surface area contributed by atoms with Crippen LogP contribution in [0, 0.1) is 26.2 Å². The zero-order valence-electron chi connectivity index (χ0n) is 34.6. The minimum absolute atomic E-state index is 0.239. The minimum Gasteiger partial charge on any atom is -0.461 e. The van der Waals surface area contributed by atoms with E-state index in [1.165, 1.54) is 38.9 Å². The van der Waals surface area contributed by atoms with Gasteiger partial charge in [0.15, 0.2) is 0 Å². The molecule has 0 unspecified atom stereocenters. The average molecular weight is 757 g/mol. The van der Waals surface area contributed by atoms with Crippen molar-refractivity contribution in [2.75, 3.05) is 0 Å². The third-order valence-electron chi connectivity index (χ3n) is 11.5. The largest absolute Gasteiger partial charge is 0.461 e. The highest BCUT2D eigenvalue weighted by atomic mass is 16.3. The second-order valence-electron chi connectivity index (χ2n) is 15.7. The molecule has 1 N–H and O–H groups in total. The van der Waals surface area contributed by atoms with Crippen LogP contribution >= 0.6 is 0 Å². The number of hydrogen-bond acceptors (Lipinski definition) is 3. The van der Waals surface area contributed by atoms with E-state index >= 15 is 0 Å². The first-order valence-electron chi connectivity index (χ1n) is 20.1. The molecule has 288 valence electrons. The molecule has 0 fully saturated rings. The van der Waals surface area contributed by atoms with Crippen LogP contribution in [-0.4, -0.2) is 12.4 Å². The fourth-order valence-electron chi connectivity index (χ4n) is 8.25. The van der Waals surface area contributed by atoms with Gasteiger partial charge in [-0.05, 0) is 132 Å². The maximum absolute atomic E-state index is 9.82. The number of aryl methyl sites for hydroxylation is 4. The van der Waals surface area contributed by atoms with Gasteiger partial charge < -0.3 is 9.83 Å². The van der Waals surface area contributed by atoms with Crippen molar-refractivity contribution in [3.8, 4) is 33.4 Å². The van der Waals surface area contributed by atoms with Crippen molar-refractivity contribution >= 4 is 35.2 Å². The lowest BCUT2D eigenvalue weighted by Crippen LogP contribution is -2.20. The van der Waals surface area contributed by atoms with Gasteiger partial charge in [-0.1, -0.05) is 149 Å². The first-order chi connectivity index (χ1) is 28.0. The molecule has 0 saturated heterocycles. The van der Waals surface area contributed by atoms with Gasteiger partial charge in [-0.3, -0.25) is 4.99 Å². The zero-order valence-corrected chi connectivity index (χ0v) is 34.6. The van der Waals surface area contributed by atoms with Crippen LogP contribution in [0.2, 0.25) is 0 Å². The molecule has 0 bridgehead atoms. The maximum atomic E-state index is 9.82. The van der Waals surface area contributed by atoms with E-state index < -0.39 is 0 Å². The van der Waals surface area contributed by atoms with Crippen LogP contribution in [0.1, 0.15) is 77.5 Å². The first kappa shape index (κ1) is 39.6. The predicted octanol–water partition coefficient (Wildman–Crippen LogP) is 14.9. The molecule has 0 radical (unpaired) electrons. The Morgan fingerprint density at radius 3 is 2.21 bits per heavy atom. The Bertz CT molecular complexity index is 2740. The number of nitrogens with zero attached hydrogens (tertiary/aromatic N) is 1. The molecule has 1 aromatic heterocycles. The number of hydrogen-bond donors (Lipinski definition) is 1. The van der Waals surface area contributed by atoms with E-state index in [1.807, 2.05) is 31.2 Å². The van der Waals surface area contributed by atoms with Gasteiger partial charge in [-0.25, -0.2) is 0 Å². The fraction of sp³-hybridized carbons (Fsp3) is 0.164. The Morgan fingerprint density at radius 1 is 0.741 bits per heavy atom. The summed E-state index contributed by atoms with van der Waals surface area (Å²) in [5, 5.41) is 10.9. The van der Waals surface area contributed by atoms with Gasteiger partial charge in [-0.2, -0.15) is 0 Å². The highest BCUT2D eigenvalue weighted by Gasteiger charge is 2.25. The summed E-state index contributed by atoms with van der Waals surface area (Å²) in [7, 11) is 0. The van der Waals surface area contributed by atoms with Crippen LogP contribution < -0.4 is 0 Å². The molecule has 0 aliphatic heterocycles. The second kappa shape index (κ2) is 16.9. The summed E-state index contributed by atoms with van der Waals surface area (Å²) in [6.45, 7) is 20.9. The lowest BCUT2D eigenvalue weighted by atomic mass is 9.75. The Kier molecular flexibility index (Phi) is 11.5. The molecule has 0 aliphatic carbocycles. The summed E-state index contributed by atoms with van der Waals surface area (Å²) in [5.74, 6) is 0.861. The molecule has 3 heteroatoms. The van der Waals surface area contributed by atoms with Crippen molar-refractivity contribution in [3.05, 3.63) is 202 Å². The van der Waals surface area contributed by atoms with Crippen LogP contribution in [-0.2, 0) is 11.8 Å². The summed E-state index contributed by atoms with van der Waals surface area (Å²) in [5.41, 5.74) is 17.2. The molecule has 58 heavy (non-hydrogen) atoms. The quantitative estimate of drug-likeness (QED) is 0.0924. The number of furan rings is 1. The van der Waals surface area contributed by atoms with Gasteiger partial charge in [-0.15, -0.1) is 0 Å². The smallest absolute Gasteiger partial charge is 0.134 e. The number of rotatable bonds is 13. The lowest BCUT2D eigenvalue weighted by molar-refractivity contribution is 0.577. The SMILES string of the molecule is C=C/C=C\c1c(C)oc2ccc(-c3ccc(-c4ccc(CCC)c(-c5ccccc5C)c4)c(C(=N)/C=C(\N=C)c4ccc(C)c(C(C)(C)c5ccccc5)c4)c3)cc12. The van der Waals surface area contributed by atoms with E-state index in [0.717, 1.165) is 68.5 Å². The van der Waals surface area contributed by atoms with Gasteiger partial charge in [0.05, 0.1) is 11.4 Å². The van der Waals surface area contributed by atoms with E-state index in [2.05, 4.69) is 174 Å². The Hall–Kier alpha value is -6.58.